The van der Waals surface area contributed by atoms with Gasteiger partial charge in [0.25, 0.3) is 0 Å². The fourth-order valence-electron chi connectivity index (χ4n) is 2.51. The van der Waals surface area contributed by atoms with Crippen LogP contribution in [0, 0.1) is 0 Å². The molecule has 0 bridgehead atoms. The Balaban J connectivity index is 2.64. The van der Waals surface area contributed by atoms with Gasteiger partial charge in [0, 0.05) is 28.7 Å². The molecule has 2 N–H and O–H groups in total. The first-order valence-corrected chi connectivity index (χ1v) is 8.44. The van der Waals surface area contributed by atoms with Gasteiger partial charge in [0.15, 0.2) is 6.10 Å². The first-order chi connectivity index (χ1) is 12.6. The van der Waals surface area contributed by atoms with Crippen LogP contribution in [0.5, 0.6) is 5.75 Å². The lowest BCUT2D eigenvalue weighted by atomic mass is 9.91. The van der Waals surface area contributed by atoms with Gasteiger partial charge in [0.2, 0.25) is 0 Å². The van der Waals surface area contributed by atoms with E-state index in [1.807, 2.05) is 0 Å². The summed E-state index contributed by atoms with van der Waals surface area (Å²) in [6.07, 6.45) is -1.06. The number of ether oxygens (including phenoxy) is 2. The Kier molecular flexibility index (Phi) is 6.08. The maximum Gasteiger partial charge on any atom is 0.336 e. The third-order valence-electron chi connectivity index (χ3n) is 4.28. The second kappa shape index (κ2) is 7.94. The molecular formula is C20H24O7. The summed E-state index contributed by atoms with van der Waals surface area (Å²) in [6.45, 7) is 6.10. The molecule has 0 aliphatic heterocycles. The van der Waals surface area contributed by atoms with E-state index >= 15 is 0 Å². The monoisotopic (exact) mass is 376 g/mol. The molecule has 2 aromatic rings. The number of aliphatic hydroxyl groups is 2. The van der Waals surface area contributed by atoms with Crippen LogP contribution in [0.3, 0.4) is 0 Å². The van der Waals surface area contributed by atoms with Gasteiger partial charge in [0.1, 0.15) is 17.4 Å². The third kappa shape index (κ3) is 4.56. The number of esters is 1. The van der Waals surface area contributed by atoms with E-state index in [-0.39, 0.29) is 11.3 Å². The minimum Gasteiger partial charge on any atom is -0.496 e. The van der Waals surface area contributed by atoms with Crippen LogP contribution in [0.15, 0.2) is 45.1 Å². The fourth-order valence-corrected chi connectivity index (χ4v) is 2.51. The summed E-state index contributed by atoms with van der Waals surface area (Å²) in [5.74, 6) is -0.386. The highest BCUT2D eigenvalue weighted by atomic mass is 16.6. The van der Waals surface area contributed by atoms with E-state index in [1.54, 1.807) is 32.1 Å². The van der Waals surface area contributed by atoms with Crippen LogP contribution < -0.4 is 10.4 Å². The molecule has 1 aromatic carbocycles. The van der Waals surface area contributed by atoms with Crippen molar-refractivity contribution < 1.29 is 28.9 Å². The quantitative estimate of drug-likeness (QED) is 0.453. The van der Waals surface area contributed by atoms with Crippen LogP contribution in [-0.2, 0) is 9.53 Å². The lowest BCUT2D eigenvalue weighted by molar-refractivity contribution is -0.163. The van der Waals surface area contributed by atoms with Gasteiger partial charge < -0.3 is 24.1 Å². The van der Waals surface area contributed by atoms with Crippen molar-refractivity contribution in [3.8, 4) is 5.75 Å². The number of carbonyl (C=O) groups is 1. The molecule has 0 radical (unpaired) electrons. The average Bonchev–Trinajstić information content (AvgIpc) is 2.62. The summed E-state index contributed by atoms with van der Waals surface area (Å²) in [4.78, 5) is 23.8. The molecular weight excluding hydrogens is 352 g/mol. The molecule has 0 saturated carbocycles. The Morgan fingerprint density at radius 2 is 1.96 bits per heavy atom. The number of aliphatic hydroxyl groups excluding tert-OH is 1. The summed E-state index contributed by atoms with van der Waals surface area (Å²) in [7, 11) is 1.40. The number of rotatable bonds is 6. The summed E-state index contributed by atoms with van der Waals surface area (Å²) in [5.41, 5.74) is -1.09. The van der Waals surface area contributed by atoms with Crippen molar-refractivity contribution >= 4 is 16.9 Å². The molecule has 0 aliphatic carbocycles. The molecule has 2 atom stereocenters. The van der Waals surface area contributed by atoms with Crippen molar-refractivity contribution in [2.24, 2.45) is 0 Å². The van der Waals surface area contributed by atoms with Gasteiger partial charge in [-0.25, -0.2) is 9.59 Å². The molecule has 0 fully saturated rings. The highest BCUT2D eigenvalue weighted by molar-refractivity contribution is 5.88. The van der Waals surface area contributed by atoms with E-state index in [0.29, 0.717) is 16.5 Å². The Hall–Kier alpha value is -2.64. The zero-order valence-corrected chi connectivity index (χ0v) is 16.0. The average molecular weight is 376 g/mol. The van der Waals surface area contributed by atoms with Gasteiger partial charge >= 0.3 is 11.6 Å². The predicted molar refractivity (Wildman–Crippen MR) is 99.6 cm³/mol. The minimum absolute atomic E-state index is 0.246. The smallest absolute Gasteiger partial charge is 0.336 e. The van der Waals surface area contributed by atoms with Crippen molar-refractivity contribution in [1.29, 1.82) is 0 Å². The van der Waals surface area contributed by atoms with Crippen LogP contribution in [0.4, 0.5) is 0 Å². The van der Waals surface area contributed by atoms with Crippen LogP contribution in [0.25, 0.3) is 11.0 Å². The van der Waals surface area contributed by atoms with Crippen molar-refractivity contribution in [1.82, 2.24) is 0 Å². The number of hydrogen-bond donors (Lipinski definition) is 2. The number of fused-ring (bicyclic) bond motifs is 1. The van der Waals surface area contributed by atoms with Gasteiger partial charge in [-0.1, -0.05) is 6.08 Å². The number of methoxy groups -OCH3 is 1. The van der Waals surface area contributed by atoms with Crippen LogP contribution in [0.1, 0.15) is 39.4 Å². The Labute approximate surface area is 156 Å². The van der Waals surface area contributed by atoms with Crippen molar-refractivity contribution in [2.45, 2.75) is 45.5 Å². The first-order valence-electron chi connectivity index (χ1n) is 8.44. The highest BCUT2D eigenvalue weighted by Crippen LogP contribution is 2.37. The number of benzene rings is 1. The van der Waals surface area contributed by atoms with Crippen LogP contribution in [0.2, 0.25) is 0 Å². The summed E-state index contributed by atoms with van der Waals surface area (Å²) >= 11 is 0. The summed E-state index contributed by atoms with van der Waals surface area (Å²) in [5, 5.41) is 21.5. The van der Waals surface area contributed by atoms with Crippen molar-refractivity contribution in [2.75, 3.05) is 7.11 Å². The Morgan fingerprint density at radius 3 is 2.52 bits per heavy atom. The lowest BCUT2D eigenvalue weighted by Crippen LogP contribution is -2.42. The second-order valence-corrected chi connectivity index (χ2v) is 6.78. The van der Waals surface area contributed by atoms with E-state index < -0.39 is 29.4 Å². The van der Waals surface area contributed by atoms with Gasteiger partial charge in [-0.15, -0.1) is 0 Å². The van der Waals surface area contributed by atoms with Crippen molar-refractivity contribution in [3.63, 3.8) is 0 Å². The maximum atomic E-state index is 12.3. The lowest BCUT2D eigenvalue weighted by Gasteiger charge is -2.32. The summed E-state index contributed by atoms with van der Waals surface area (Å²) in [6, 6.07) is 5.88. The maximum absolute atomic E-state index is 12.3. The minimum atomic E-state index is -1.56. The molecule has 7 heteroatoms. The largest absolute Gasteiger partial charge is 0.496 e. The molecule has 0 saturated heterocycles. The zero-order valence-electron chi connectivity index (χ0n) is 16.0. The fraction of sp³-hybridized carbons (Fsp3) is 0.400. The molecule has 2 rings (SSSR count). The Morgan fingerprint density at radius 1 is 1.30 bits per heavy atom. The molecule has 0 spiro atoms. The number of carbonyl (C=O) groups excluding carboxylic acids is 1. The summed E-state index contributed by atoms with van der Waals surface area (Å²) < 4.78 is 16.0. The number of hydrogen-bond acceptors (Lipinski definition) is 7. The van der Waals surface area contributed by atoms with Gasteiger partial charge in [-0.2, -0.15) is 0 Å². The van der Waals surface area contributed by atoms with E-state index in [2.05, 4.69) is 0 Å². The number of allylic oxidation sites excluding steroid dienone is 1. The molecule has 146 valence electrons. The molecule has 27 heavy (non-hydrogen) atoms. The molecule has 0 amide bonds. The van der Waals surface area contributed by atoms with Crippen LogP contribution in [-0.4, -0.2) is 35.0 Å². The van der Waals surface area contributed by atoms with E-state index in [1.165, 1.54) is 33.1 Å². The highest BCUT2D eigenvalue weighted by Gasteiger charge is 2.38. The van der Waals surface area contributed by atoms with E-state index in [4.69, 9.17) is 13.9 Å². The standard InChI is InChI=1S/C20H24O7/c1-6-11(2)19(23)27-17(18(22)20(3,4)24)13-9-12-7-8-16(21)26-14(12)10-15(13)25-5/h6-10,17-18,22,24H,1-5H3/b11-6-/t17-,18+/m0/s1. The second-order valence-electron chi connectivity index (χ2n) is 6.78. The molecule has 7 nitrogen and oxygen atoms in total. The van der Waals surface area contributed by atoms with Gasteiger partial charge in [0.05, 0.1) is 12.7 Å². The Bertz CT molecular complexity index is 918. The molecule has 1 heterocycles. The van der Waals surface area contributed by atoms with Gasteiger partial charge in [-0.3, -0.25) is 0 Å². The normalized spacial score (nSPS) is 14.7. The first kappa shape index (κ1) is 20.7. The third-order valence-corrected chi connectivity index (χ3v) is 4.28. The van der Waals surface area contributed by atoms with Crippen LogP contribution >= 0.6 is 0 Å². The molecule has 1 aromatic heterocycles. The molecule has 0 aliphatic rings. The molecule has 0 unspecified atom stereocenters. The zero-order chi connectivity index (χ0) is 20.4. The van der Waals surface area contributed by atoms with E-state index in [9.17, 15) is 19.8 Å². The van der Waals surface area contributed by atoms with E-state index in [0.717, 1.165) is 0 Å². The van der Waals surface area contributed by atoms with Crippen molar-refractivity contribution in [3.05, 3.63) is 51.9 Å². The van der Waals surface area contributed by atoms with Gasteiger partial charge in [-0.05, 0) is 39.8 Å². The topological polar surface area (TPSA) is 106 Å². The predicted octanol–water partition coefficient (Wildman–Crippen LogP) is 2.48. The SMILES string of the molecule is C/C=C(/C)C(=O)O[C@@H](c1cc2ccc(=O)oc2cc1OC)[C@@H](O)C(C)(C)O.